The number of aryl methyl sites for hydroxylation is 1. The maximum absolute atomic E-state index is 10.7. The lowest BCUT2D eigenvalue weighted by Crippen LogP contribution is -2.02. The Hall–Kier alpha value is -2.76. The van der Waals surface area contributed by atoms with Crippen LogP contribution >= 0.6 is 0 Å². The highest BCUT2D eigenvalue weighted by molar-refractivity contribution is 5.69. The van der Waals surface area contributed by atoms with Gasteiger partial charge in [-0.1, -0.05) is 23.8 Å². The Labute approximate surface area is 114 Å². The quantitative estimate of drug-likeness (QED) is 0.782. The van der Waals surface area contributed by atoms with Crippen molar-refractivity contribution in [1.29, 1.82) is 0 Å². The Bertz CT molecular complexity index is 795. The summed E-state index contributed by atoms with van der Waals surface area (Å²) in [5.41, 5.74) is 2.96. The van der Waals surface area contributed by atoms with Crippen molar-refractivity contribution in [2.75, 3.05) is 0 Å². The minimum absolute atomic E-state index is 0.212. The number of aromatic nitrogens is 4. The molecule has 0 saturated carbocycles. The van der Waals surface area contributed by atoms with Gasteiger partial charge in [-0.05, 0) is 19.1 Å². The van der Waals surface area contributed by atoms with Crippen LogP contribution in [0.15, 0.2) is 36.5 Å². The first-order valence-corrected chi connectivity index (χ1v) is 6.13. The summed E-state index contributed by atoms with van der Waals surface area (Å²) in [6, 6.07) is 9.82. The van der Waals surface area contributed by atoms with E-state index in [9.17, 15) is 4.79 Å². The highest BCUT2D eigenvalue weighted by Gasteiger charge is 2.12. The Balaban J connectivity index is 2.16. The summed E-state index contributed by atoms with van der Waals surface area (Å²) in [5.74, 6) is -0.302. The van der Waals surface area contributed by atoms with Gasteiger partial charge < -0.3 is 5.11 Å². The zero-order valence-corrected chi connectivity index (χ0v) is 10.8. The van der Waals surface area contributed by atoms with Gasteiger partial charge >= 0.3 is 5.97 Å². The highest BCUT2D eigenvalue weighted by Crippen LogP contribution is 2.20. The Morgan fingerprint density at radius 3 is 2.95 bits per heavy atom. The molecule has 100 valence electrons. The van der Waals surface area contributed by atoms with Crippen LogP contribution in [0.4, 0.5) is 0 Å². The Kier molecular flexibility index (Phi) is 2.90. The third kappa shape index (κ3) is 2.23. The van der Waals surface area contributed by atoms with Crippen LogP contribution in [0, 0.1) is 6.92 Å². The van der Waals surface area contributed by atoms with Crippen molar-refractivity contribution in [3.8, 4) is 11.3 Å². The van der Waals surface area contributed by atoms with Gasteiger partial charge in [-0.2, -0.15) is 9.50 Å². The molecule has 0 amide bonds. The monoisotopic (exact) mass is 268 g/mol. The second-order valence-electron chi connectivity index (χ2n) is 4.51. The number of rotatable bonds is 3. The predicted octanol–water partition coefficient (Wildman–Crippen LogP) is 1.73. The van der Waals surface area contributed by atoms with Gasteiger partial charge in [-0.15, -0.1) is 5.10 Å². The summed E-state index contributed by atoms with van der Waals surface area (Å²) in [5, 5.41) is 13.0. The molecule has 1 aromatic carbocycles. The number of hydrogen-bond acceptors (Lipinski definition) is 4. The van der Waals surface area contributed by atoms with E-state index < -0.39 is 5.97 Å². The number of carboxylic acids is 1. The molecule has 0 atom stereocenters. The number of carboxylic acid groups (broad SMARTS) is 1. The van der Waals surface area contributed by atoms with E-state index in [1.54, 1.807) is 10.7 Å². The average Bonchev–Trinajstić information content (AvgIpc) is 2.79. The van der Waals surface area contributed by atoms with Gasteiger partial charge in [0.2, 0.25) is 0 Å². The first kappa shape index (κ1) is 12.3. The Morgan fingerprint density at radius 1 is 1.35 bits per heavy atom. The molecule has 0 aliphatic heterocycles. The van der Waals surface area contributed by atoms with Crippen LogP contribution < -0.4 is 0 Å². The summed E-state index contributed by atoms with van der Waals surface area (Å²) in [4.78, 5) is 19.0. The highest BCUT2D eigenvalue weighted by atomic mass is 16.4. The van der Waals surface area contributed by atoms with Crippen LogP contribution in [0.25, 0.3) is 17.0 Å². The first-order valence-electron chi connectivity index (χ1n) is 6.13. The second kappa shape index (κ2) is 4.73. The minimum Gasteiger partial charge on any atom is -0.481 e. The van der Waals surface area contributed by atoms with E-state index in [-0.39, 0.29) is 12.2 Å². The second-order valence-corrected chi connectivity index (χ2v) is 4.51. The number of aliphatic carboxylic acids is 1. The fraction of sp³-hybridized carbons (Fsp3) is 0.143. The van der Waals surface area contributed by atoms with Crippen LogP contribution in [0.5, 0.6) is 0 Å². The normalized spacial score (nSPS) is 10.8. The molecule has 0 aliphatic rings. The largest absolute Gasteiger partial charge is 0.481 e. The zero-order valence-electron chi connectivity index (χ0n) is 10.8. The molecular formula is C14H12N4O2. The van der Waals surface area contributed by atoms with Crippen molar-refractivity contribution < 1.29 is 9.90 Å². The summed E-state index contributed by atoms with van der Waals surface area (Å²) >= 11 is 0. The molecule has 0 spiro atoms. The van der Waals surface area contributed by atoms with Gasteiger partial charge in [0.05, 0.1) is 5.69 Å². The van der Waals surface area contributed by atoms with E-state index in [2.05, 4.69) is 15.1 Å². The van der Waals surface area contributed by atoms with E-state index in [0.717, 1.165) is 16.8 Å². The maximum Gasteiger partial charge on any atom is 0.311 e. The molecule has 2 aromatic heterocycles. The van der Waals surface area contributed by atoms with Gasteiger partial charge in [0, 0.05) is 11.8 Å². The smallest absolute Gasteiger partial charge is 0.311 e. The van der Waals surface area contributed by atoms with Gasteiger partial charge in [0.15, 0.2) is 5.82 Å². The third-order valence-electron chi connectivity index (χ3n) is 2.91. The number of carbonyl (C=O) groups is 1. The maximum atomic E-state index is 10.7. The van der Waals surface area contributed by atoms with Crippen LogP contribution in [0.2, 0.25) is 0 Å². The number of nitrogens with zero attached hydrogens (tertiary/aromatic N) is 4. The molecule has 0 saturated heterocycles. The van der Waals surface area contributed by atoms with Crippen LogP contribution in [-0.2, 0) is 11.2 Å². The lowest BCUT2D eigenvalue weighted by atomic mass is 10.1. The molecule has 0 unspecified atom stereocenters. The van der Waals surface area contributed by atoms with Crippen molar-refractivity contribution in [1.82, 2.24) is 19.6 Å². The molecule has 20 heavy (non-hydrogen) atoms. The number of hydrogen-bond donors (Lipinski definition) is 1. The van der Waals surface area contributed by atoms with Crippen molar-refractivity contribution in [2.24, 2.45) is 0 Å². The summed E-state index contributed by atoms with van der Waals surface area (Å²) in [6.07, 6.45) is 1.43. The number of benzene rings is 1. The van der Waals surface area contributed by atoms with E-state index in [1.807, 2.05) is 37.3 Å². The fourth-order valence-electron chi connectivity index (χ4n) is 2.07. The standard InChI is InChI=1S/C14H12N4O2/c1-9-3-2-4-10(7-9)11-5-6-15-14-16-12(8-13(19)20)17-18(11)14/h2-7H,8H2,1H3,(H,19,20). The zero-order chi connectivity index (χ0) is 14.1. The van der Waals surface area contributed by atoms with Crippen LogP contribution in [0.3, 0.4) is 0 Å². The van der Waals surface area contributed by atoms with Gasteiger partial charge in [-0.3, -0.25) is 4.79 Å². The van der Waals surface area contributed by atoms with Crippen molar-refractivity contribution >= 4 is 11.7 Å². The summed E-state index contributed by atoms with van der Waals surface area (Å²) in [6.45, 7) is 2.01. The third-order valence-corrected chi connectivity index (χ3v) is 2.91. The minimum atomic E-state index is -0.960. The lowest BCUT2D eigenvalue weighted by Gasteiger charge is -2.04. The molecule has 6 nitrogen and oxygen atoms in total. The van der Waals surface area contributed by atoms with Crippen molar-refractivity contribution in [3.05, 3.63) is 47.9 Å². The van der Waals surface area contributed by atoms with Crippen molar-refractivity contribution in [2.45, 2.75) is 13.3 Å². The predicted molar refractivity (Wildman–Crippen MR) is 72.3 cm³/mol. The van der Waals surface area contributed by atoms with Gasteiger partial charge in [0.1, 0.15) is 6.42 Å². The molecule has 0 bridgehead atoms. The van der Waals surface area contributed by atoms with E-state index in [1.165, 1.54) is 0 Å². The molecule has 0 fully saturated rings. The van der Waals surface area contributed by atoms with Gasteiger partial charge in [-0.25, -0.2) is 4.98 Å². The number of fused-ring (bicyclic) bond motifs is 1. The van der Waals surface area contributed by atoms with Crippen molar-refractivity contribution in [3.63, 3.8) is 0 Å². The molecule has 0 aliphatic carbocycles. The molecule has 2 heterocycles. The molecular weight excluding hydrogens is 256 g/mol. The molecule has 1 N–H and O–H groups in total. The van der Waals surface area contributed by atoms with E-state index in [0.29, 0.717) is 5.78 Å². The van der Waals surface area contributed by atoms with E-state index in [4.69, 9.17) is 5.11 Å². The molecule has 3 rings (SSSR count). The van der Waals surface area contributed by atoms with Gasteiger partial charge in [0.25, 0.3) is 5.78 Å². The molecule has 0 radical (unpaired) electrons. The lowest BCUT2D eigenvalue weighted by molar-refractivity contribution is -0.136. The fourth-order valence-corrected chi connectivity index (χ4v) is 2.07. The summed E-state index contributed by atoms with van der Waals surface area (Å²) < 4.78 is 1.58. The first-order chi connectivity index (χ1) is 9.63. The van der Waals surface area contributed by atoms with Crippen LogP contribution in [-0.4, -0.2) is 30.7 Å². The van der Waals surface area contributed by atoms with E-state index >= 15 is 0 Å². The molecule has 3 aromatic rings. The topological polar surface area (TPSA) is 80.4 Å². The summed E-state index contributed by atoms with van der Waals surface area (Å²) in [7, 11) is 0. The average molecular weight is 268 g/mol. The SMILES string of the molecule is Cc1cccc(-c2ccnc3nc(CC(=O)O)nn23)c1. The Morgan fingerprint density at radius 2 is 2.20 bits per heavy atom. The molecule has 6 heteroatoms. The van der Waals surface area contributed by atoms with Crippen LogP contribution in [0.1, 0.15) is 11.4 Å².